The van der Waals surface area contributed by atoms with Gasteiger partial charge in [0.2, 0.25) is 0 Å². The minimum absolute atomic E-state index is 0.291. The van der Waals surface area contributed by atoms with Crippen LogP contribution in [0.1, 0.15) is 65.7 Å². The molecule has 0 aliphatic rings. The predicted molar refractivity (Wildman–Crippen MR) is 85.2 cm³/mol. The van der Waals surface area contributed by atoms with E-state index >= 15 is 0 Å². The molecule has 3 heteroatoms. The van der Waals surface area contributed by atoms with Gasteiger partial charge >= 0.3 is 0 Å². The van der Waals surface area contributed by atoms with Gasteiger partial charge < -0.3 is 9.85 Å². The standard InChI is InChI=1S/C15H34NOP/c1-4-7-13-18(14-8-5-2,15-9-6-3)16-11-10-12-17/h17H,4-15H2,1-3H3. The van der Waals surface area contributed by atoms with E-state index in [1.54, 1.807) is 0 Å². The van der Waals surface area contributed by atoms with Crippen LogP contribution in [0.4, 0.5) is 0 Å². The first-order chi connectivity index (χ1) is 8.74. The van der Waals surface area contributed by atoms with E-state index in [0.717, 1.165) is 13.0 Å². The van der Waals surface area contributed by atoms with Gasteiger partial charge in [-0.2, -0.15) is 0 Å². The van der Waals surface area contributed by atoms with Crippen molar-refractivity contribution < 1.29 is 5.11 Å². The van der Waals surface area contributed by atoms with Crippen molar-refractivity contribution >= 4 is 7.05 Å². The van der Waals surface area contributed by atoms with E-state index in [9.17, 15) is 0 Å². The number of unbranched alkanes of at least 4 members (excludes halogenated alkanes) is 3. The summed E-state index contributed by atoms with van der Waals surface area (Å²) in [5.41, 5.74) is 0. The molecule has 0 fully saturated rings. The van der Waals surface area contributed by atoms with Crippen molar-refractivity contribution in [3.8, 4) is 0 Å². The number of hydrogen-bond acceptors (Lipinski definition) is 2. The first kappa shape index (κ1) is 18.2. The average molecular weight is 275 g/mol. The highest BCUT2D eigenvalue weighted by Crippen LogP contribution is 2.52. The molecule has 18 heavy (non-hydrogen) atoms. The van der Waals surface area contributed by atoms with Crippen molar-refractivity contribution in [3.05, 3.63) is 0 Å². The third-order valence-electron chi connectivity index (χ3n) is 3.50. The topological polar surface area (TPSA) is 32.6 Å². The SMILES string of the molecule is CCCCP(CCCC)(CCCC)=NCCCO. The van der Waals surface area contributed by atoms with E-state index in [1.165, 1.54) is 57.0 Å². The highest BCUT2D eigenvalue weighted by atomic mass is 31.2. The van der Waals surface area contributed by atoms with E-state index < -0.39 is 7.05 Å². The largest absolute Gasteiger partial charge is 0.396 e. The maximum Gasteiger partial charge on any atom is 0.0448 e. The Hall–Kier alpha value is 0.190. The van der Waals surface area contributed by atoms with Gasteiger partial charge in [-0.1, -0.05) is 40.0 Å². The molecular formula is C15H34NOP. The maximum absolute atomic E-state index is 8.94. The molecule has 0 radical (unpaired) electrons. The van der Waals surface area contributed by atoms with Crippen molar-refractivity contribution in [1.29, 1.82) is 0 Å². The highest BCUT2D eigenvalue weighted by molar-refractivity contribution is 7.66. The van der Waals surface area contributed by atoms with Gasteiger partial charge in [0, 0.05) is 13.2 Å². The average Bonchev–Trinajstić information content (AvgIpc) is 2.40. The van der Waals surface area contributed by atoms with Crippen LogP contribution in [0.15, 0.2) is 4.74 Å². The third-order valence-corrected chi connectivity index (χ3v) is 7.75. The molecule has 0 amide bonds. The fourth-order valence-electron chi connectivity index (χ4n) is 2.26. The van der Waals surface area contributed by atoms with Gasteiger partial charge in [-0.05, 0) is 51.2 Å². The molecule has 0 unspecified atom stereocenters. The van der Waals surface area contributed by atoms with E-state index in [-0.39, 0.29) is 0 Å². The van der Waals surface area contributed by atoms with Crippen molar-refractivity contribution in [2.45, 2.75) is 65.7 Å². The lowest BCUT2D eigenvalue weighted by atomic mass is 10.4. The lowest BCUT2D eigenvalue weighted by molar-refractivity contribution is 0.291. The summed E-state index contributed by atoms with van der Waals surface area (Å²) in [5.74, 6) is 0. The van der Waals surface area contributed by atoms with Crippen molar-refractivity contribution in [2.24, 2.45) is 4.74 Å². The molecule has 0 heterocycles. The molecule has 0 rings (SSSR count). The molecular weight excluding hydrogens is 241 g/mol. The number of nitrogens with zero attached hydrogens (tertiary/aromatic N) is 1. The zero-order valence-corrected chi connectivity index (χ0v) is 13.7. The first-order valence-electron chi connectivity index (χ1n) is 7.90. The molecule has 0 atom stereocenters. The summed E-state index contributed by atoms with van der Waals surface area (Å²) in [7, 11) is -1.06. The molecule has 0 saturated carbocycles. The molecule has 2 nitrogen and oxygen atoms in total. The summed E-state index contributed by atoms with van der Waals surface area (Å²) >= 11 is 0. The molecule has 0 aromatic heterocycles. The van der Waals surface area contributed by atoms with Crippen LogP contribution >= 0.6 is 7.05 Å². The van der Waals surface area contributed by atoms with Gasteiger partial charge in [-0.25, -0.2) is 0 Å². The molecule has 0 spiro atoms. The summed E-state index contributed by atoms with van der Waals surface area (Å²) in [5, 5.41) is 8.94. The second kappa shape index (κ2) is 12.2. The zero-order chi connectivity index (χ0) is 13.7. The van der Waals surface area contributed by atoms with Gasteiger partial charge in [-0.3, -0.25) is 0 Å². The monoisotopic (exact) mass is 275 g/mol. The molecule has 1 N–H and O–H groups in total. The first-order valence-corrected chi connectivity index (χ1v) is 10.2. The summed E-state index contributed by atoms with van der Waals surface area (Å²) < 4.78 is 5.11. The molecule has 0 aromatic carbocycles. The number of hydrogen-bond donors (Lipinski definition) is 1. The second-order valence-corrected chi connectivity index (χ2v) is 9.08. The Morgan fingerprint density at radius 2 is 1.22 bits per heavy atom. The minimum atomic E-state index is -1.06. The Morgan fingerprint density at radius 3 is 1.56 bits per heavy atom. The van der Waals surface area contributed by atoms with Gasteiger partial charge in [0.25, 0.3) is 0 Å². The molecule has 0 saturated heterocycles. The summed E-state index contributed by atoms with van der Waals surface area (Å²) in [6, 6.07) is 0. The fourth-order valence-corrected chi connectivity index (χ4v) is 6.63. The number of rotatable bonds is 12. The minimum Gasteiger partial charge on any atom is -0.396 e. The van der Waals surface area contributed by atoms with Crippen LogP contribution in [-0.2, 0) is 0 Å². The van der Waals surface area contributed by atoms with Crippen molar-refractivity contribution in [1.82, 2.24) is 0 Å². The van der Waals surface area contributed by atoms with Gasteiger partial charge in [0.05, 0.1) is 0 Å². The van der Waals surface area contributed by atoms with E-state index in [0.29, 0.717) is 6.61 Å². The Kier molecular flexibility index (Phi) is 12.4. The normalized spacial score (nSPS) is 11.8. The Morgan fingerprint density at radius 1 is 0.778 bits per heavy atom. The van der Waals surface area contributed by atoms with Crippen LogP contribution in [0.5, 0.6) is 0 Å². The smallest absolute Gasteiger partial charge is 0.0448 e. The van der Waals surface area contributed by atoms with Crippen LogP contribution in [0.3, 0.4) is 0 Å². The zero-order valence-electron chi connectivity index (χ0n) is 12.8. The lowest BCUT2D eigenvalue weighted by Crippen LogP contribution is -2.03. The third kappa shape index (κ3) is 8.32. The van der Waals surface area contributed by atoms with Crippen molar-refractivity contribution in [3.63, 3.8) is 0 Å². The number of aliphatic hydroxyl groups is 1. The Bertz CT molecular complexity index is 200. The number of aliphatic hydroxyl groups excluding tert-OH is 1. The Labute approximate surface area is 115 Å². The van der Waals surface area contributed by atoms with Gasteiger partial charge in [0.1, 0.15) is 0 Å². The summed E-state index contributed by atoms with van der Waals surface area (Å²) in [6.07, 6.45) is 12.8. The quantitative estimate of drug-likeness (QED) is 0.396. The molecule has 0 aliphatic heterocycles. The van der Waals surface area contributed by atoms with Crippen LogP contribution < -0.4 is 0 Å². The van der Waals surface area contributed by atoms with Crippen LogP contribution in [0.2, 0.25) is 0 Å². The molecule has 0 aliphatic carbocycles. The van der Waals surface area contributed by atoms with Gasteiger partial charge in [0.15, 0.2) is 0 Å². The highest BCUT2D eigenvalue weighted by Gasteiger charge is 2.17. The van der Waals surface area contributed by atoms with Crippen LogP contribution in [0, 0.1) is 0 Å². The van der Waals surface area contributed by atoms with Gasteiger partial charge in [-0.15, -0.1) is 0 Å². The van der Waals surface area contributed by atoms with E-state index in [1.807, 2.05) is 0 Å². The van der Waals surface area contributed by atoms with Crippen molar-refractivity contribution in [2.75, 3.05) is 31.6 Å². The summed E-state index contributed by atoms with van der Waals surface area (Å²) in [4.78, 5) is 0. The van der Waals surface area contributed by atoms with Crippen LogP contribution in [-0.4, -0.2) is 36.7 Å². The maximum atomic E-state index is 8.94. The molecule has 110 valence electrons. The van der Waals surface area contributed by atoms with Crippen LogP contribution in [0.25, 0.3) is 0 Å². The lowest BCUT2D eigenvalue weighted by Gasteiger charge is -2.25. The Balaban J connectivity index is 4.67. The second-order valence-electron chi connectivity index (χ2n) is 5.27. The fraction of sp³-hybridized carbons (Fsp3) is 1.00. The van der Waals surface area contributed by atoms with E-state index in [4.69, 9.17) is 9.85 Å². The summed E-state index contributed by atoms with van der Waals surface area (Å²) in [6.45, 7) is 8.02. The van der Waals surface area contributed by atoms with E-state index in [2.05, 4.69) is 20.8 Å². The molecule has 0 bridgehead atoms. The molecule has 0 aromatic rings. The predicted octanol–water partition coefficient (Wildman–Crippen LogP) is 4.97.